The highest BCUT2D eigenvalue weighted by atomic mass is 79.9. The van der Waals surface area contributed by atoms with Gasteiger partial charge in [-0.2, -0.15) is 4.31 Å². The van der Waals surface area contributed by atoms with Crippen LogP contribution in [0.4, 0.5) is 0 Å². The average molecular weight is 421 g/mol. The number of pyridine rings is 1. The van der Waals surface area contributed by atoms with E-state index in [2.05, 4.69) is 26.1 Å². The van der Waals surface area contributed by atoms with E-state index in [0.717, 1.165) is 28.8 Å². The Morgan fingerprint density at radius 2 is 1.88 bits per heavy atom. The molecule has 0 N–H and O–H groups in total. The van der Waals surface area contributed by atoms with E-state index in [0.29, 0.717) is 18.0 Å². The van der Waals surface area contributed by atoms with Gasteiger partial charge < -0.3 is 0 Å². The summed E-state index contributed by atoms with van der Waals surface area (Å²) in [6.07, 6.45) is 3.64. The number of piperidine rings is 1. The molecule has 4 rings (SSSR count). The van der Waals surface area contributed by atoms with Gasteiger partial charge in [-0.3, -0.25) is 4.40 Å². The first kappa shape index (κ1) is 16.7. The largest absolute Gasteiger partial charge is 0.286 e. The number of nitrogens with zero attached hydrogens (tertiary/aromatic N) is 4. The lowest BCUT2D eigenvalue weighted by molar-refractivity contribution is 0.308. The van der Waals surface area contributed by atoms with Gasteiger partial charge in [0.1, 0.15) is 5.82 Å². The van der Waals surface area contributed by atoms with Gasteiger partial charge in [0.15, 0.2) is 5.65 Å². The molecule has 1 atom stereocenters. The Labute approximate surface area is 154 Å². The van der Waals surface area contributed by atoms with Crippen LogP contribution in [0.3, 0.4) is 0 Å². The Morgan fingerprint density at radius 3 is 2.68 bits per heavy atom. The fourth-order valence-electron chi connectivity index (χ4n) is 3.27. The van der Waals surface area contributed by atoms with Crippen LogP contribution in [0, 0.1) is 0 Å². The van der Waals surface area contributed by atoms with E-state index in [-0.39, 0.29) is 5.92 Å². The van der Waals surface area contributed by atoms with Crippen LogP contribution in [0.2, 0.25) is 0 Å². The van der Waals surface area contributed by atoms with Crippen LogP contribution >= 0.6 is 15.9 Å². The minimum atomic E-state index is -3.50. The Hall–Kier alpha value is -1.77. The highest BCUT2D eigenvalue weighted by Crippen LogP contribution is 2.30. The zero-order valence-corrected chi connectivity index (χ0v) is 15.8. The molecule has 3 heterocycles. The Morgan fingerprint density at radius 1 is 1.08 bits per heavy atom. The van der Waals surface area contributed by atoms with Crippen molar-refractivity contribution in [3.8, 4) is 0 Å². The number of sulfonamides is 1. The Bertz CT molecular complexity index is 1000. The van der Waals surface area contributed by atoms with Gasteiger partial charge >= 0.3 is 0 Å². The summed E-state index contributed by atoms with van der Waals surface area (Å²) in [4.78, 5) is 0.322. The molecule has 8 heteroatoms. The van der Waals surface area contributed by atoms with Crippen molar-refractivity contribution in [1.82, 2.24) is 18.9 Å². The van der Waals surface area contributed by atoms with Gasteiger partial charge in [-0.25, -0.2) is 8.42 Å². The maximum Gasteiger partial charge on any atom is 0.243 e. The quantitative estimate of drug-likeness (QED) is 0.652. The standard InChI is InChI=1S/C17H17BrN4O2S/c18-14-6-8-15(9-7-14)25(23,24)21-10-3-4-13(12-21)17-20-19-16-5-1-2-11-22(16)17/h1-2,5-9,11,13H,3-4,10,12H2/t13-/m1/s1. The van der Waals surface area contributed by atoms with Crippen molar-refractivity contribution in [2.24, 2.45) is 0 Å². The highest BCUT2D eigenvalue weighted by Gasteiger charge is 2.32. The summed E-state index contributed by atoms with van der Waals surface area (Å²) in [6, 6.07) is 12.5. The summed E-state index contributed by atoms with van der Waals surface area (Å²) >= 11 is 3.34. The topological polar surface area (TPSA) is 67.6 Å². The zero-order valence-electron chi connectivity index (χ0n) is 13.4. The maximum absolute atomic E-state index is 12.9. The molecule has 6 nitrogen and oxygen atoms in total. The summed E-state index contributed by atoms with van der Waals surface area (Å²) in [7, 11) is -3.50. The van der Waals surface area contributed by atoms with Crippen LogP contribution in [0.25, 0.3) is 5.65 Å². The second-order valence-electron chi connectivity index (χ2n) is 6.14. The summed E-state index contributed by atoms with van der Waals surface area (Å²) in [5, 5.41) is 8.49. The molecular weight excluding hydrogens is 404 g/mol. The smallest absolute Gasteiger partial charge is 0.243 e. The SMILES string of the molecule is O=S(=O)(c1ccc(Br)cc1)N1CCC[C@@H](c2nnc3ccccn23)C1. The van der Waals surface area contributed by atoms with Gasteiger partial charge in [0.25, 0.3) is 0 Å². The third-order valence-electron chi connectivity index (χ3n) is 4.54. The third kappa shape index (κ3) is 3.09. The van der Waals surface area contributed by atoms with E-state index in [1.54, 1.807) is 28.6 Å². The molecule has 0 saturated carbocycles. The first-order valence-corrected chi connectivity index (χ1v) is 10.3. The molecule has 1 aliphatic heterocycles. The van der Waals surface area contributed by atoms with Gasteiger partial charge in [0.05, 0.1) is 4.90 Å². The second-order valence-corrected chi connectivity index (χ2v) is 9.00. The minimum absolute atomic E-state index is 0.0383. The molecule has 1 saturated heterocycles. The lowest BCUT2D eigenvalue weighted by Gasteiger charge is -2.31. The molecular formula is C17H17BrN4O2S. The van der Waals surface area contributed by atoms with E-state index < -0.39 is 10.0 Å². The molecule has 130 valence electrons. The van der Waals surface area contributed by atoms with E-state index in [9.17, 15) is 8.42 Å². The molecule has 25 heavy (non-hydrogen) atoms. The van der Waals surface area contributed by atoms with Crippen LogP contribution in [0.5, 0.6) is 0 Å². The molecule has 3 aromatic rings. The number of aromatic nitrogens is 3. The average Bonchev–Trinajstić information content (AvgIpc) is 3.06. The number of rotatable bonds is 3. The van der Waals surface area contributed by atoms with Crippen molar-refractivity contribution in [3.05, 3.63) is 59.0 Å². The normalized spacial score (nSPS) is 19.3. The number of benzene rings is 1. The fraction of sp³-hybridized carbons (Fsp3) is 0.294. The van der Waals surface area contributed by atoms with Crippen LogP contribution in [-0.4, -0.2) is 40.4 Å². The van der Waals surface area contributed by atoms with E-state index in [4.69, 9.17) is 0 Å². The van der Waals surface area contributed by atoms with Gasteiger partial charge in [0, 0.05) is 29.7 Å². The van der Waals surface area contributed by atoms with E-state index in [1.807, 2.05) is 28.8 Å². The molecule has 0 spiro atoms. The number of hydrogen-bond donors (Lipinski definition) is 0. The van der Waals surface area contributed by atoms with Crippen molar-refractivity contribution in [2.45, 2.75) is 23.7 Å². The molecule has 1 fully saturated rings. The Kier molecular flexibility index (Phi) is 4.35. The highest BCUT2D eigenvalue weighted by molar-refractivity contribution is 9.10. The molecule has 2 aromatic heterocycles. The lowest BCUT2D eigenvalue weighted by Crippen LogP contribution is -2.39. The summed E-state index contributed by atoms with van der Waals surface area (Å²) in [5.74, 6) is 0.864. The molecule has 0 aliphatic carbocycles. The molecule has 0 amide bonds. The van der Waals surface area contributed by atoms with Crippen molar-refractivity contribution in [1.29, 1.82) is 0 Å². The number of hydrogen-bond acceptors (Lipinski definition) is 4. The second kappa shape index (κ2) is 6.51. The predicted octanol–water partition coefficient (Wildman–Crippen LogP) is 3.06. The van der Waals surface area contributed by atoms with Gasteiger partial charge in [-0.05, 0) is 49.2 Å². The molecule has 1 aromatic carbocycles. The zero-order chi connectivity index (χ0) is 17.4. The first-order chi connectivity index (χ1) is 12.1. The number of halogens is 1. The first-order valence-electron chi connectivity index (χ1n) is 8.11. The predicted molar refractivity (Wildman–Crippen MR) is 97.9 cm³/mol. The fourth-order valence-corrected chi connectivity index (χ4v) is 5.05. The number of fused-ring (bicyclic) bond motifs is 1. The minimum Gasteiger partial charge on any atom is -0.286 e. The van der Waals surface area contributed by atoms with Crippen LogP contribution in [0.1, 0.15) is 24.6 Å². The van der Waals surface area contributed by atoms with Crippen LogP contribution < -0.4 is 0 Å². The van der Waals surface area contributed by atoms with E-state index >= 15 is 0 Å². The van der Waals surface area contributed by atoms with E-state index in [1.165, 1.54) is 0 Å². The van der Waals surface area contributed by atoms with Gasteiger partial charge in [-0.15, -0.1) is 10.2 Å². The third-order valence-corrected chi connectivity index (χ3v) is 6.95. The maximum atomic E-state index is 12.9. The van der Waals surface area contributed by atoms with Crippen molar-refractivity contribution >= 4 is 31.6 Å². The Balaban J connectivity index is 1.63. The van der Waals surface area contributed by atoms with Crippen LogP contribution in [-0.2, 0) is 10.0 Å². The lowest BCUT2D eigenvalue weighted by atomic mass is 9.99. The molecule has 1 aliphatic rings. The molecule has 0 radical (unpaired) electrons. The summed E-state index contributed by atoms with van der Waals surface area (Å²) in [5.41, 5.74) is 0.783. The van der Waals surface area contributed by atoms with Crippen LogP contribution in [0.15, 0.2) is 58.0 Å². The summed E-state index contributed by atoms with van der Waals surface area (Å²) < 4.78 is 30.3. The summed E-state index contributed by atoms with van der Waals surface area (Å²) in [6.45, 7) is 0.958. The van der Waals surface area contributed by atoms with Crippen molar-refractivity contribution < 1.29 is 8.42 Å². The molecule has 0 unspecified atom stereocenters. The molecule has 0 bridgehead atoms. The van der Waals surface area contributed by atoms with Gasteiger partial charge in [0.2, 0.25) is 10.0 Å². The van der Waals surface area contributed by atoms with Crippen molar-refractivity contribution in [3.63, 3.8) is 0 Å². The monoisotopic (exact) mass is 420 g/mol. The van der Waals surface area contributed by atoms with Crippen molar-refractivity contribution in [2.75, 3.05) is 13.1 Å². The van der Waals surface area contributed by atoms with Gasteiger partial charge in [-0.1, -0.05) is 22.0 Å².